The zero-order valence-electron chi connectivity index (χ0n) is 13.9. The zero-order chi connectivity index (χ0) is 17.1. The van der Waals surface area contributed by atoms with Gasteiger partial charge in [-0.3, -0.25) is 4.79 Å². The van der Waals surface area contributed by atoms with E-state index in [0.717, 1.165) is 5.52 Å². The normalized spacial score (nSPS) is 22.0. The molecule has 130 valence electrons. The number of para-hydroxylation sites is 2. The molecule has 7 nitrogen and oxygen atoms in total. The molecule has 2 heterocycles. The molecule has 1 fully saturated rings. The van der Waals surface area contributed by atoms with E-state index in [0.29, 0.717) is 37.0 Å². The third-order valence-corrected chi connectivity index (χ3v) is 4.00. The largest absolute Gasteiger partial charge is 0.424 e. The number of amides is 1. The Hall–Kier alpha value is -2.12. The topological polar surface area (TPSA) is 96.6 Å². The highest BCUT2D eigenvalue weighted by Gasteiger charge is 2.30. The molecule has 3 rings (SSSR count). The molecule has 1 aromatic heterocycles. The van der Waals surface area contributed by atoms with Crippen LogP contribution in [0.15, 0.2) is 28.7 Å². The van der Waals surface area contributed by atoms with Gasteiger partial charge in [0, 0.05) is 0 Å². The molecule has 3 atom stereocenters. The Morgan fingerprint density at radius 3 is 2.88 bits per heavy atom. The molecule has 24 heavy (non-hydrogen) atoms. The van der Waals surface area contributed by atoms with Crippen LogP contribution in [0.4, 0.5) is 6.01 Å². The number of carbonyl (C=O) groups excluding carboxylic acids is 1. The van der Waals surface area contributed by atoms with Gasteiger partial charge in [0.2, 0.25) is 5.91 Å². The zero-order valence-corrected chi connectivity index (χ0v) is 13.9. The summed E-state index contributed by atoms with van der Waals surface area (Å²) in [6.07, 6.45) is 0.274. The predicted molar refractivity (Wildman–Crippen MR) is 89.4 cm³/mol. The lowest BCUT2D eigenvalue weighted by Crippen LogP contribution is -2.48. The van der Waals surface area contributed by atoms with Gasteiger partial charge in [-0.1, -0.05) is 26.0 Å². The number of carbonyl (C=O) groups is 1. The summed E-state index contributed by atoms with van der Waals surface area (Å²) in [6.45, 7) is 4.53. The van der Waals surface area contributed by atoms with Crippen molar-refractivity contribution in [1.29, 1.82) is 0 Å². The quantitative estimate of drug-likeness (QED) is 0.747. The van der Waals surface area contributed by atoms with Crippen LogP contribution >= 0.6 is 0 Å². The van der Waals surface area contributed by atoms with Gasteiger partial charge < -0.3 is 24.9 Å². The van der Waals surface area contributed by atoms with Gasteiger partial charge in [0.25, 0.3) is 6.01 Å². The van der Waals surface area contributed by atoms with Crippen molar-refractivity contribution in [3.05, 3.63) is 24.3 Å². The van der Waals surface area contributed by atoms with E-state index in [9.17, 15) is 9.90 Å². The number of benzene rings is 1. The van der Waals surface area contributed by atoms with Crippen molar-refractivity contribution in [2.75, 3.05) is 11.9 Å². The standard InChI is InChI=1S/C17H23N3O4/c1-10(2)9-13(15(21)18-12-7-8-23-16(12)22)20-17-19-11-5-3-4-6-14(11)24-17/h3-6,10,12-13,16,22H,7-9H2,1-2H3,(H,18,21)(H,19,20)/t12-,13-,16?/m0/s1. The smallest absolute Gasteiger partial charge is 0.296 e. The second kappa shape index (κ2) is 7.19. The fourth-order valence-electron chi connectivity index (χ4n) is 2.79. The van der Waals surface area contributed by atoms with Crippen LogP contribution < -0.4 is 10.6 Å². The monoisotopic (exact) mass is 333 g/mol. The number of fused-ring (bicyclic) bond motifs is 1. The van der Waals surface area contributed by atoms with Gasteiger partial charge in [-0.2, -0.15) is 4.98 Å². The number of aliphatic hydroxyl groups is 1. The van der Waals surface area contributed by atoms with Crippen molar-refractivity contribution >= 4 is 23.0 Å². The number of nitrogens with zero attached hydrogens (tertiary/aromatic N) is 1. The number of nitrogens with one attached hydrogen (secondary N) is 2. The van der Waals surface area contributed by atoms with Gasteiger partial charge in [0.1, 0.15) is 11.6 Å². The Bertz CT molecular complexity index is 667. The first-order valence-corrected chi connectivity index (χ1v) is 8.25. The average molecular weight is 333 g/mol. The van der Waals surface area contributed by atoms with Gasteiger partial charge in [0.05, 0.1) is 12.6 Å². The van der Waals surface area contributed by atoms with E-state index in [1.807, 2.05) is 38.1 Å². The van der Waals surface area contributed by atoms with Crippen molar-refractivity contribution in [3.8, 4) is 0 Å². The summed E-state index contributed by atoms with van der Waals surface area (Å²) in [7, 11) is 0. The molecule has 0 bridgehead atoms. The van der Waals surface area contributed by atoms with Gasteiger partial charge in [-0.25, -0.2) is 0 Å². The molecule has 1 aliphatic rings. The molecule has 3 N–H and O–H groups in total. The van der Waals surface area contributed by atoms with E-state index < -0.39 is 12.3 Å². The van der Waals surface area contributed by atoms with Crippen LogP contribution in [0.25, 0.3) is 11.1 Å². The molecule has 1 saturated heterocycles. The minimum atomic E-state index is -0.946. The molecule has 0 aliphatic carbocycles. The molecule has 1 aliphatic heterocycles. The van der Waals surface area contributed by atoms with Crippen molar-refractivity contribution in [2.24, 2.45) is 5.92 Å². The average Bonchev–Trinajstić information content (AvgIpc) is 3.12. The maximum Gasteiger partial charge on any atom is 0.296 e. The predicted octanol–water partition coefficient (Wildman–Crippen LogP) is 1.88. The van der Waals surface area contributed by atoms with Gasteiger partial charge >= 0.3 is 0 Å². The summed E-state index contributed by atoms with van der Waals surface area (Å²) in [5.41, 5.74) is 1.41. The first kappa shape index (κ1) is 16.7. The van der Waals surface area contributed by atoms with Crippen molar-refractivity contribution in [2.45, 2.75) is 45.1 Å². The van der Waals surface area contributed by atoms with Crippen LogP contribution in [0.5, 0.6) is 0 Å². The van der Waals surface area contributed by atoms with Crippen LogP contribution in [0.3, 0.4) is 0 Å². The maximum absolute atomic E-state index is 12.6. The minimum Gasteiger partial charge on any atom is -0.424 e. The van der Waals surface area contributed by atoms with Gasteiger partial charge in [-0.05, 0) is 30.9 Å². The third-order valence-electron chi connectivity index (χ3n) is 4.00. The van der Waals surface area contributed by atoms with Crippen LogP contribution in [-0.4, -0.2) is 41.0 Å². The van der Waals surface area contributed by atoms with E-state index in [1.165, 1.54) is 0 Å². The first-order valence-electron chi connectivity index (χ1n) is 8.25. The Kier molecular flexibility index (Phi) is 5.01. The second-order valence-electron chi connectivity index (χ2n) is 6.48. The van der Waals surface area contributed by atoms with E-state index in [2.05, 4.69) is 15.6 Å². The summed E-state index contributed by atoms with van der Waals surface area (Å²) >= 11 is 0. The summed E-state index contributed by atoms with van der Waals surface area (Å²) in [5, 5.41) is 15.6. The fourth-order valence-corrected chi connectivity index (χ4v) is 2.79. The number of oxazole rings is 1. The summed E-state index contributed by atoms with van der Waals surface area (Å²) in [6, 6.07) is 6.89. The number of aromatic nitrogens is 1. The van der Waals surface area contributed by atoms with Crippen LogP contribution in [0.2, 0.25) is 0 Å². The van der Waals surface area contributed by atoms with Crippen LogP contribution in [-0.2, 0) is 9.53 Å². The Morgan fingerprint density at radius 1 is 1.42 bits per heavy atom. The van der Waals surface area contributed by atoms with Crippen LogP contribution in [0.1, 0.15) is 26.7 Å². The Morgan fingerprint density at radius 2 is 2.21 bits per heavy atom. The third kappa shape index (κ3) is 3.85. The van der Waals surface area contributed by atoms with Crippen molar-refractivity contribution in [3.63, 3.8) is 0 Å². The fraction of sp³-hybridized carbons (Fsp3) is 0.529. The molecule has 0 saturated carbocycles. The molecule has 1 amide bonds. The molecular weight excluding hydrogens is 310 g/mol. The van der Waals surface area contributed by atoms with Gasteiger partial charge in [0.15, 0.2) is 11.9 Å². The van der Waals surface area contributed by atoms with Crippen molar-refractivity contribution < 1.29 is 19.1 Å². The summed E-state index contributed by atoms with van der Waals surface area (Å²) < 4.78 is 10.7. The molecule has 0 spiro atoms. The number of anilines is 1. The Balaban J connectivity index is 1.71. The van der Waals surface area contributed by atoms with E-state index >= 15 is 0 Å². The highest BCUT2D eigenvalue weighted by Crippen LogP contribution is 2.20. The molecule has 0 radical (unpaired) electrons. The molecule has 7 heteroatoms. The molecular formula is C17H23N3O4. The summed E-state index contributed by atoms with van der Waals surface area (Å²) in [4.78, 5) is 16.9. The number of hydrogen-bond donors (Lipinski definition) is 3. The van der Waals surface area contributed by atoms with E-state index in [-0.39, 0.29) is 11.9 Å². The minimum absolute atomic E-state index is 0.194. The SMILES string of the molecule is CC(C)C[C@H](Nc1nc2ccccc2o1)C(=O)N[C@H]1CCOC1O. The van der Waals surface area contributed by atoms with Crippen molar-refractivity contribution in [1.82, 2.24) is 10.3 Å². The Labute approximate surface area is 140 Å². The number of hydrogen-bond acceptors (Lipinski definition) is 6. The highest BCUT2D eigenvalue weighted by atomic mass is 16.6. The molecule has 1 unspecified atom stereocenters. The maximum atomic E-state index is 12.6. The van der Waals surface area contributed by atoms with Crippen LogP contribution in [0, 0.1) is 5.92 Å². The van der Waals surface area contributed by atoms with E-state index in [1.54, 1.807) is 0 Å². The highest BCUT2D eigenvalue weighted by molar-refractivity contribution is 5.85. The molecule has 2 aromatic rings. The summed E-state index contributed by atoms with van der Waals surface area (Å²) in [5.74, 6) is 0.114. The molecule has 1 aromatic carbocycles. The lowest BCUT2D eigenvalue weighted by atomic mass is 10.0. The number of aliphatic hydroxyl groups excluding tert-OH is 1. The van der Waals surface area contributed by atoms with Gasteiger partial charge in [-0.15, -0.1) is 0 Å². The number of rotatable bonds is 6. The lowest BCUT2D eigenvalue weighted by molar-refractivity contribution is -0.126. The van der Waals surface area contributed by atoms with E-state index in [4.69, 9.17) is 9.15 Å². The number of ether oxygens (including phenoxy) is 1. The second-order valence-corrected chi connectivity index (χ2v) is 6.48. The first-order chi connectivity index (χ1) is 11.5. The lowest BCUT2D eigenvalue weighted by Gasteiger charge is -2.22.